The molecule has 1 saturated heterocycles. The van der Waals surface area contributed by atoms with Gasteiger partial charge in [0.25, 0.3) is 0 Å². The summed E-state index contributed by atoms with van der Waals surface area (Å²) in [4.78, 5) is 6.54. The lowest BCUT2D eigenvalue weighted by Crippen LogP contribution is -2.42. The molecule has 1 aromatic heterocycles. The number of anilines is 1. The molecule has 2 atom stereocenters. The molecule has 1 aromatic rings. The maximum Gasteiger partial charge on any atom is 0.128 e. The van der Waals surface area contributed by atoms with Crippen LogP contribution in [0.2, 0.25) is 0 Å². The van der Waals surface area contributed by atoms with Crippen LogP contribution in [-0.2, 0) is 0 Å². The molecule has 1 fully saturated rings. The van der Waals surface area contributed by atoms with Crippen molar-refractivity contribution in [3.8, 4) is 0 Å². The molecule has 2 rings (SSSR count). The van der Waals surface area contributed by atoms with E-state index in [9.17, 15) is 10.2 Å². The van der Waals surface area contributed by atoms with Gasteiger partial charge in [0.1, 0.15) is 5.82 Å². The molecule has 2 heterocycles. The van der Waals surface area contributed by atoms with E-state index in [1.165, 1.54) is 6.42 Å². The number of aliphatic hydroxyl groups excluding tert-OH is 2. The Hall–Kier alpha value is -1.13. The zero-order valence-electron chi connectivity index (χ0n) is 10.2. The van der Waals surface area contributed by atoms with Gasteiger partial charge in [-0.1, -0.05) is 6.07 Å². The Balaban J connectivity index is 2.15. The summed E-state index contributed by atoms with van der Waals surface area (Å²) in [5.74, 6) is 0.896. The van der Waals surface area contributed by atoms with E-state index in [4.69, 9.17) is 0 Å². The molecule has 0 saturated carbocycles. The van der Waals surface area contributed by atoms with Crippen molar-refractivity contribution < 1.29 is 10.2 Å². The molecular formula is C13H20N2O2. The summed E-state index contributed by atoms with van der Waals surface area (Å²) in [5.41, 5.74) is 0.825. The van der Waals surface area contributed by atoms with Crippen molar-refractivity contribution in [3.63, 3.8) is 0 Å². The van der Waals surface area contributed by atoms with Gasteiger partial charge < -0.3 is 15.1 Å². The van der Waals surface area contributed by atoms with E-state index in [0.717, 1.165) is 30.8 Å². The van der Waals surface area contributed by atoms with Gasteiger partial charge in [-0.25, -0.2) is 4.98 Å². The van der Waals surface area contributed by atoms with Gasteiger partial charge in [-0.15, -0.1) is 0 Å². The second kappa shape index (κ2) is 5.47. The Kier molecular flexibility index (Phi) is 3.97. The topological polar surface area (TPSA) is 56.6 Å². The molecule has 1 aliphatic rings. The van der Waals surface area contributed by atoms with Crippen LogP contribution in [0, 0.1) is 0 Å². The number of aromatic nitrogens is 1. The van der Waals surface area contributed by atoms with E-state index >= 15 is 0 Å². The maximum absolute atomic E-state index is 9.43. The van der Waals surface area contributed by atoms with Gasteiger partial charge in [0.15, 0.2) is 0 Å². The van der Waals surface area contributed by atoms with E-state index in [-0.39, 0.29) is 12.6 Å². The summed E-state index contributed by atoms with van der Waals surface area (Å²) in [5, 5.41) is 18.8. The summed E-state index contributed by atoms with van der Waals surface area (Å²) in [7, 11) is 0. The normalized spacial score (nSPS) is 22.5. The largest absolute Gasteiger partial charge is 0.394 e. The summed E-state index contributed by atoms with van der Waals surface area (Å²) < 4.78 is 0. The van der Waals surface area contributed by atoms with Gasteiger partial charge in [-0.05, 0) is 37.8 Å². The van der Waals surface area contributed by atoms with Crippen molar-refractivity contribution in [2.45, 2.75) is 38.3 Å². The van der Waals surface area contributed by atoms with Gasteiger partial charge in [-0.2, -0.15) is 0 Å². The summed E-state index contributed by atoms with van der Waals surface area (Å²) in [6.07, 6.45) is 4.58. The summed E-state index contributed by atoms with van der Waals surface area (Å²) in [6, 6.07) is 4.01. The molecule has 4 heteroatoms. The number of piperidine rings is 1. The second-order valence-electron chi connectivity index (χ2n) is 4.65. The maximum atomic E-state index is 9.43. The van der Waals surface area contributed by atoms with E-state index in [0.29, 0.717) is 0 Å². The molecule has 94 valence electrons. The van der Waals surface area contributed by atoms with E-state index < -0.39 is 6.10 Å². The first kappa shape index (κ1) is 12.3. The van der Waals surface area contributed by atoms with Gasteiger partial charge in [0.05, 0.1) is 18.8 Å². The standard InChI is InChI=1S/C13H20N2O2/c1-10(17)11-5-6-13(14-8-11)15-7-3-2-4-12(15)9-16/h5-6,8,10,12,16-17H,2-4,7,9H2,1H3/t10-,12?/m1/s1. The van der Waals surface area contributed by atoms with Crippen molar-refractivity contribution in [1.82, 2.24) is 4.98 Å². The van der Waals surface area contributed by atoms with Crippen LogP contribution in [0.15, 0.2) is 18.3 Å². The monoisotopic (exact) mass is 236 g/mol. The first-order valence-corrected chi connectivity index (χ1v) is 6.24. The van der Waals surface area contributed by atoms with Crippen LogP contribution < -0.4 is 4.90 Å². The zero-order chi connectivity index (χ0) is 12.3. The number of hydrogen-bond donors (Lipinski definition) is 2. The molecule has 1 aliphatic heterocycles. The molecule has 0 aliphatic carbocycles. The molecule has 0 aromatic carbocycles. The van der Waals surface area contributed by atoms with Crippen LogP contribution >= 0.6 is 0 Å². The Labute approximate surface area is 102 Å². The van der Waals surface area contributed by atoms with Gasteiger partial charge in [0.2, 0.25) is 0 Å². The molecule has 4 nitrogen and oxygen atoms in total. The highest BCUT2D eigenvalue weighted by molar-refractivity contribution is 5.41. The Morgan fingerprint density at radius 3 is 2.88 bits per heavy atom. The Bertz CT molecular complexity index is 351. The first-order chi connectivity index (χ1) is 8.22. The van der Waals surface area contributed by atoms with Crippen LogP contribution in [0.3, 0.4) is 0 Å². The van der Waals surface area contributed by atoms with Crippen molar-refractivity contribution >= 4 is 5.82 Å². The quantitative estimate of drug-likeness (QED) is 0.834. The molecule has 0 radical (unpaired) electrons. The average Bonchev–Trinajstić information content (AvgIpc) is 2.39. The highest BCUT2D eigenvalue weighted by atomic mass is 16.3. The number of hydrogen-bond acceptors (Lipinski definition) is 4. The number of rotatable bonds is 3. The van der Waals surface area contributed by atoms with Crippen LogP contribution in [0.5, 0.6) is 0 Å². The number of nitrogens with zero attached hydrogens (tertiary/aromatic N) is 2. The molecule has 0 bridgehead atoms. The molecule has 0 spiro atoms. The minimum atomic E-state index is -0.480. The fourth-order valence-corrected chi connectivity index (χ4v) is 2.31. The van der Waals surface area contributed by atoms with E-state index in [1.54, 1.807) is 13.1 Å². The Morgan fingerprint density at radius 2 is 2.29 bits per heavy atom. The highest BCUT2D eigenvalue weighted by Crippen LogP contribution is 2.23. The fraction of sp³-hybridized carbons (Fsp3) is 0.615. The predicted molar refractivity (Wildman–Crippen MR) is 66.9 cm³/mol. The van der Waals surface area contributed by atoms with Crippen LogP contribution in [-0.4, -0.2) is 34.4 Å². The minimum absolute atomic E-state index is 0.180. The first-order valence-electron chi connectivity index (χ1n) is 6.24. The second-order valence-corrected chi connectivity index (χ2v) is 4.65. The molecule has 2 N–H and O–H groups in total. The number of pyridine rings is 1. The van der Waals surface area contributed by atoms with Crippen molar-refractivity contribution in [3.05, 3.63) is 23.9 Å². The minimum Gasteiger partial charge on any atom is -0.394 e. The zero-order valence-corrected chi connectivity index (χ0v) is 10.2. The van der Waals surface area contributed by atoms with Crippen molar-refractivity contribution in [2.75, 3.05) is 18.1 Å². The SMILES string of the molecule is C[C@@H](O)c1ccc(N2CCCCC2CO)nc1. The van der Waals surface area contributed by atoms with Crippen LogP contribution in [0.1, 0.15) is 37.9 Å². The molecule has 17 heavy (non-hydrogen) atoms. The summed E-state index contributed by atoms with van der Waals surface area (Å²) >= 11 is 0. The lowest BCUT2D eigenvalue weighted by Gasteiger charge is -2.35. The molecular weight excluding hydrogens is 216 g/mol. The van der Waals surface area contributed by atoms with Crippen molar-refractivity contribution in [2.24, 2.45) is 0 Å². The molecule has 1 unspecified atom stereocenters. The third-order valence-corrected chi connectivity index (χ3v) is 3.39. The fourth-order valence-electron chi connectivity index (χ4n) is 2.31. The smallest absolute Gasteiger partial charge is 0.128 e. The molecule has 0 amide bonds. The van der Waals surface area contributed by atoms with E-state index in [2.05, 4.69) is 9.88 Å². The van der Waals surface area contributed by atoms with Crippen LogP contribution in [0.4, 0.5) is 5.82 Å². The van der Waals surface area contributed by atoms with Gasteiger partial charge in [0, 0.05) is 12.7 Å². The highest BCUT2D eigenvalue weighted by Gasteiger charge is 2.22. The van der Waals surface area contributed by atoms with E-state index in [1.807, 2.05) is 12.1 Å². The lowest BCUT2D eigenvalue weighted by atomic mass is 10.0. The average molecular weight is 236 g/mol. The Morgan fingerprint density at radius 1 is 1.47 bits per heavy atom. The van der Waals surface area contributed by atoms with Crippen LogP contribution in [0.25, 0.3) is 0 Å². The third-order valence-electron chi connectivity index (χ3n) is 3.39. The van der Waals surface area contributed by atoms with Gasteiger partial charge in [-0.3, -0.25) is 0 Å². The summed E-state index contributed by atoms with van der Waals surface area (Å²) in [6.45, 7) is 2.86. The van der Waals surface area contributed by atoms with Crippen molar-refractivity contribution in [1.29, 1.82) is 0 Å². The predicted octanol–water partition coefficient (Wildman–Crippen LogP) is 1.49. The number of aliphatic hydroxyl groups is 2. The van der Waals surface area contributed by atoms with Gasteiger partial charge >= 0.3 is 0 Å². The lowest BCUT2D eigenvalue weighted by molar-refractivity contribution is 0.199. The third kappa shape index (κ3) is 2.76.